The van der Waals surface area contributed by atoms with Crippen LogP contribution in [-0.2, 0) is 5.54 Å². The molecule has 1 nitrogen and oxygen atoms in total. The Morgan fingerprint density at radius 1 is 0.895 bits per heavy atom. The van der Waals surface area contributed by atoms with Gasteiger partial charge >= 0.3 is 0 Å². The fourth-order valence-corrected chi connectivity index (χ4v) is 2.80. The van der Waals surface area contributed by atoms with E-state index in [9.17, 15) is 8.78 Å². The summed E-state index contributed by atoms with van der Waals surface area (Å²) in [7, 11) is 0. The van der Waals surface area contributed by atoms with Crippen molar-refractivity contribution in [3.63, 3.8) is 0 Å². The average Bonchev–Trinajstić information content (AvgIpc) is 3.16. The SMILES string of the molecule is CC[C@@H]1NC1(c1ccc(F)cc1)c1ccc(F)cc1. The highest BCUT2D eigenvalue weighted by Crippen LogP contribution is 2.45. The summed E-state index contributed by atoms with van der Waals surface area (Å²) in [6.07, 6.45) is 0.967. The van der Waals surface area contributed by atoms with Crippen LogP contribution in [0.5, 0.6) is 0 Å². The fraction of sp³-hybridized carbons (Fsp3) is 0.250. The second kappa shape index (κ2) is 4.42. The lowest BCUT2D eigenvalue weighted by Crippen LogP contribution is -2.16. The molecule has 1 fully saturated rings. The molecule has 1 aliphatic rings. The summed E-state index contributed by atoms with van der Waals surface area (Å²) in [4.78, 5) is 0. The molecule has 2 aromatic rings. The van der Waals surface area contributed by atoms with E-state index in [4.69, 9.17) is 0 Å². The zero-order valence-electron chi connectivity index (χ0n) is 10.7. The van der Waals surface area contributed by atoms with E-state index in [0.717, 1.165) is 17.5 Å². The van der Waals surface area contributed by atoms with Crippen molar-refractivity contribution < 1.29 is 8.78 Å². The van der Waals surface area contributed by atoms with E-state index in [1.165, 1.54) is 24.3 Å². The largest absolute Gasteiger partial charge is 0.297 e. The van der Waals surface area contributed by atoms with E-state index in [-0.39, 0.29) is 17.2 Å². The molecule has 0 bridgehead atoms. The quantitative estimate of drug-likeness (QED) is 0.836. The Labute approximate surface area is 111 Å². The third-order valence-electron chi connectivity index (χ3n) is 3.85. The Morgan fingerprint density at radius 2 is 1.32 bits per heavy atom. The first-order chi connectivity index (χ1) is 9.16. The Hall–Kier alpha value is -1.74. The molecule has 1 heterocycles. The fourth-order valence-electron chi connectivity index (χ4n) is 2.80. The average molecular weight is 259 g/mol. The zero-order valence-corrected chi connectivity index (χ0v) is 10.7. The highest BCUT2D eigenvalue weighted by atomic mass is 19.1. The predicted molar refractivity (Wildman–Crippen MR) is 70.8 cm³/mol. The number of hydrogen-bond donors (Lipinski definition) is 1. The zero-order chi connectivity index (χ0) is 13.5. The van der Waals surface area contributed by atoms with Crippen LogP contribution in [0.3, 0.4) is 0 Å². The molecule has 98 valence electrons. The lowest BCUT2D eigenvalue weighted by atomic mass is 9.87. The maximum Gasteiger partial charge on any atom is 0.123 e. The van der Waals surface area contributed by atoms with E-state index in [2.05, 4.69) is 12.2 Å². The highest BCUT2D eigenvalue weighted by Gasteiger charge is 2.54. The van der Waals surface area contributed by atoms with Crippen molar-refractivity contribution in [2.45, 2.75) is 24.9 Å². The molecule has 0 unspecified atom stereocenters. The Kier molecular flexibility index (Phi) is 2.86. The normalized spacial score (nSPS) is 20.3. The monoisotopic (exact) mass is 259 g/mol. The molecule has 0 aromatic heterocycles. The standard InChI is InChI=1S/C16H15F2N/c1-2-15-16(19-15,11-3-7-13(17)8-4-11)12-5-9-14(18)10-6-12/h3-10,15,19H,2H2,1H3/t15-/m0/s1. The number of rotatable bonds is 3. The minimum atomic E-state index is -0.295. The van der Waals surface area contributed by atoms with Gasteiger partial charge in [0.25, 0.3) is 0 Å². The third kappa shape index (κ3) is 1.94. The van der Waals surface area contributed by atoms with Gasteiger partial charge in [-0.15, -0.1) is 0 Å². The number of halogens is 2. The van der Waals surface area contributed by atoms with Crippen LogP contribution in [0.15, 0.2) is 48.5 Å². The molecule has 0 aliphatic carbocycles. The van der Waals surface area contributed by atoms with Gasteiger partial charge in [0, 0.05) is 6.04 Å². The van der Waals surface area contributed by atoms with Crippen LogP contribution in [0, 0.1) is 11.6 Å². The summed E-state index contributed by atoms with van der Waals surface area (Å²) in [6, 6.07) is 13.3. The van der Waals surface area contributed by atoms with Crippen molar-refractivity contribution in [3.05, 3.63) is 71.3 Å². The van der Waals surface area contributed by atoms with Gasteiger partial charge in [-0.2, -0.15) is 0 Å². The molecule has 1 saturated heterocycles. The summed E-state index contributed by atoms with van der Waals surface area (Å²) in [5.74, 6) is -0.488. The van der Waals surface area contributed by atoms with E-state index < -0.39 is 0 Å². The summed E-state index contributed by atoms with van der Waals surface area (Å²) in [6.45, 7) is 2.10. The van der Waals surface area contributed by atoms with E-state index >= 15 is 0 Å². The predicted octanol–water partition coefficient (Wildman–Crippen LogP) is 3.59. The lowest BCUT2D eigenvalue weighted by Gasteiger charge is -2.16. The van der Waals surface area contributed by atoms with Crippen molar-refractivity contribution >= 4 is 0 Å². The summed E-state index contributed by atoms with van der Waals surface area (Å²) in [5, 5.41) is 3.46. The maximum atomic E-state index is 13.1. The van der Waals surface area contributed by atoms with Crippen molar-refractivity contribution in [1.82, 2.24) is 5.32 Å². The molecule has 2 aromatic carbocycles. The number of hydrogen-bond acceptors (Lipinski definition) is 1. The van der Waals surface area contributed by atoms with Gasteiger partial charge in [-0.05, 0) is 41.8 Å². The van der Waals surface area contributed by atoms with Crippen LogP contribution in [-0.4, -0.2) is 6.04 Å². The summed E-state index contributed by atoms with van der Waals surface area (Å²) in [5.41, 5.74) is 1.75. The molecular formula is C16H15F2N. The van der Waals surface area contributed by atoms with Gasteiger partial charge in [-0.3, -0.25) is 5.32 Å². The summed E-state index contributed by atoms with van der Waals surface area (Å²) >= 11 is 0. The molecule has 0 spiro atoms. The highest BCUT2D eigenvalue weighted by molar-refractivity contribution is 5.47. The third-order valence-corrected chi connectivity index (χ3v) is 3.85. The van der Waals surface area contributed by atoms with Crippen LogP contribution in [0.4, 0.5) is 8.78 Å². The minimum Gasteiger partial charge on any atom is -0.297 e. The van der Waals surface area contributed by atoms with Crippen LogP contribution < -0.4 is 5.32 Å². The molecule has 1 N–H and O–H groups in total. The van der Waals surface area contributed by atoms with Crippen LogP contribution in [0.1, 0.15) is 24.5 Å². The molecule has 0 amide bonds. The van der Waals surface area contributed by atoms with E-state index in [1.807, 2.05) is 0 Å². The van der Waals surface area contributed by atoms with Crippen molar-refractivity contribution in [2.24, 2.45) is 0 Å². The van der Waals surface area contributed by atoms with Gasteiger partial charge in [0.15, 0.2) is 0 Å². The Balaban J connectivity index is 2.05. The number of nitrogens with one attached hydrogen (secondary N) is 1. The van der Waals surface area contributed by atoms with Crippen molar-refractivity contribution in [2.75, 3.05) is 0 Å². The van der Waals surface area contributed by atoms with Gasteiger partial charge in [0.2, 0.25) is 0 Å². The maximum absolute atomic E-state index is 13.1. The smallest absolute Gasteiger partial charge is 0.123 e. The first-order valence-electron chi connectivity index (χ1n) is 6.46. The minimum absolute atomic E-state index is 0.244. The van der Waals surface area contributed by atoms with Gasteiger partial charge < -0.3 is 0 Å². The van der Waals surface area contributed by atoms with Gasteiger partial charge in [-0.1, -0.05) is 31.2 Å². The Morgan fingerprint density at radius 3 is 1.63 bits per heavy atom. The van der Waals surface area contributed by atoms with Crippen molar-refractivity contribution in [3.8, 4) is 0 Å². The molecule has 1 aliphatic heterocycles. The molecule has 3 heteroatoms. The Bertz CT molecular complexity index is 529. The second-order valence-corrected chi connectivity index (χ2v) is 4.93. The molecule has 3 rings (SSSR count). The topological polar surface area (TPSA) is 21.9 Å². The first-order valence-corrected chi connectivity index (χ1v) is 6.46. The molecule has 1 atom stereocenters. The van der Waals surface area contributed by atoms with Gasteiger partial charge in [-0.25, -0.2) is 8.78 Å². The molecular weight excluding hydrogens is 244 g/mol. The van der Waals surface area contributed by atoms with Gasteiger partial charge in [0.1, 0.15) is 11.6 Å². The molecule has 19 heavy (non-hydrogen) atoms. The first kappa shape index (κ1) is 12.3. The van der Waals surface area contributed by atoms with E-state index in [1.54, 1.807) is 24.3 Å². The van der Waals surface area contributed by atoms with Crippen LogP contribution in [0.2, 0.25) is 0 Å². The second-order valence-electron chi connectivity index (χ2n) is 4.93. The molecule has 0 saturated carbocycles. The van der Waals surface area contributed by atoms with Crippen LogP contribution >= 0.6 is 0 Å². The van der Waals surface area contributed by atoms with Crippen LogP contribution in [0.25, 0.3) is 0 Å². The molecule has 0 radical (unpaired) electrons. The van der Waals surface area contributed by atoms with Gasteiger partial charge in [0.05, 0.1) is 5.54 Å². The van der Waals surface area contributed by atoms with Crippen molar-refractivity contribution in [1.29, 1.82) is 0 Å². The number of benzene rings is 2. The van der Waals surface area contributed by atoms with E-state index in [0.29, 0.717) is 6.04 Å². The summed E-state index contributed by atoms with van der Waals surface area (Å²) < 4.78 is 26.1. The lowest BCUT2D eigenvalue weighted by molar-refractivity contribution is 0.622.